The van der Waals surface area contributed by atoms with Gasteiger partial charge in [-0.3, -0.25) is 14.8 Å². The van der Waals surface area contributed by atoms with E-state index >= 15 is 0 Å². The van der Waals surface area contributed by atoms with Crippen molar-refractivity contribution in [1.29, 1.82) is 0 Å². The molecule has 0 radical (unpaired) electrons. The summed E-state index contributed by atoms with van der Waals surface area (Å²) in [6.07, 6.45) is 0.882. The number of aromatic nitrogens is 2. The van der Waals surface area contributed by atoms with Gasteiger partial charge in [0.05, 0.1) is 5.69 Å². The first-order valence-electron chi connectivity index (χ1n) is 9.01. The zero-order chi connectivity index (χ0) is 17.2. The van der Waals surface area contributed by atoms with Crippen LogP contribution in [0.15, 0.2) is 30.3 Å². The molecule has 4 rings (SSSR count). The van der Waals surface area contributed by atoms with Crippen LogP contribution in [0.3, 0.4) is 0 Å². The second kappa shape index (κ2) is 6.98. The maximum atomic E-state index is 12.8. The fourth-order valence-electron chi connectivity index (χ4n) is 3.69. The van der Waals surface area contributed by atoms with Crippen LogP contribution >= 0.6 is 0 Å². The summed E-state index contributed by atoms with van der Waals surface area (Å²) in [4.78, 5) is 19.4. The Morgan fingerprint density at radius 2 is 1.88 bits per heavy atom. The van der Waals surface area contributed by atoms with E-state index in [4.69, 9.17) is 0 Å². The normalized spacial score (nSPS) is 19.0. The molecule has 0 bridgehead atoms. The minimum Gasteiger partial charge on any atom is -0.335 e. The van der Waals surface area contributed by atoms with Crippen LogP contribution in [-0.4, -0.2) is 70.6 Å². The average molecular weight is 339 g/mol. The molecule has 1 aromatic carbocycles. The van der Waals surface area contributed by atoms with Gasteiger partial charge in [-0.2, -0.15) is 5.10 Å². The summed E-state index contributed by atoms with van der Waals surface area (Å²) >= 11 is 0. The van der Waals surface area contributed by atoms with Crippen molar-refractivity contribution in [2.45, 2.75) is 19.5 Å². The lowest BCUT2D eigenvalue weighted by molar-refractivity contribution is 0.0656. The molecule has 132 valence electrons. The highest BCUT2D eigenvalue weighted by Crippen LogP contribution is 2.23. The number of fused-ring (bicyclic) bond motifs is 1. The lowest BCUT2D eigenvalue weighted by Gasteiger charge is -2.32. The molecule has 0 spiro atoms. The van der Waals surface area contributed by atoms with Crippen molar-refractivity contribution in [2.75, 3.05) is 39.8 Å². The second-order valence-corrected chi connectivity index (χ2v) is 7.07. The van der Waals surface area contributed by atoms with E-state index in [9.17, 15) is 4.79 Å². The van der Waals surface area contributed by atoms with E-state index in [1.807, 2.05) is 11.0 Å². The first-order chi connectivity index (χ1) is 12.2. The predicted molar refractivity (Wildman–Crippen MR) is 96.2 cm³/mol. The zero-order valence-electron chi connectivity index (χ0n) is 14.7. The molecule has 2 aliphatic rings. The highest BCUT2D eigenvalue weighted by Gasteiger charge is 2.29. The van der Waals surface area contributed by atoms with Crippen molar-refractivity contribution in [3.63, 3.8) is 0 Å². The molecule has 2 aromatic rings. The van der Waals surface area contributed by atoms with Crippen molar-refractivity contribution in [1.82, 2.24) is 24.9 Å². The molecule has 3 heterocycles. The monoisotopic (exact) mass is 339 g/mol. The number of benzene rings is 1. The lowest BCUT2D eigenvalue weighted by atomic mass is 10.0. The number of hydrogen-bond acceptors (Lipinski definition) is 4. The molecule has 25 heavy (non-hydrogen) atoms. The fraction of sp³-hybridized carbons (Fsp3) is 0.474. The van der Waals surface area contributed by atoms with Gasteiger partial charge in [-0.25, -0.2) is 0 Å². The van der Waals surface area contributed by atoms with Crippen molar-refractivity contribution in [3.8, 4) is 0 Å². The van der Waals surface area contributed by atoms with Crippen LogP contribution in [0.1, 0.15) is 27.3 Å². The predicted octanol–water partition coefficient (Wildman–Crippen LogP) is 1.36. The third-order valence-corrected chi connectivity index (χ3v) is 5.25. The summed E-state index contributed by atoms with van der Waals surface area (Å²) < 4.78 is 0. The molecule has 1 aromatic heterocycles. The van der Waals surface area contributed by atoms with E-state index in [1.165, 1.54) is 5.56 Å². The Morgan fingerprint density at radius 3 is 2.64 bits per heavy atom. The fourth-order valence-corrected chi connectivity index (χ4v) is 3.69. The maximum Gasteiger partial charge on any atom is 0.274 e. The number of carbonyl (C=O) groups is 1. The van der Waals surface area contributed by atoms with E-state index in [1.54, 1.807) is 0 Å². The van der Waals surface area contributed by atoms with E-state index in [-0.39, 0.29) is 5.91 Å². The molecule has 6 heteroatoms. The number of H-pyrrole nitrogens is 1. The Hall–Kier alpha value is -2.18. The minimum absolute atomic E-state index is 0.0853. The summed E-state index contributed by atoms with van der Waals surface area (Å²) in [5, 5.41) is 7.50. The molecule has 1 N–H and O–H groups in total. The van der Waals surface area contributed by atoms with Gasteiger partial charge in [-0.1, -0.05) is 30.3 Å². The SMILES string of the molecule is CN1CCN(C(=O)c2n[nH]c3c2CCN(Cc2ccccc2)C3)CC1. The molecule has 2 aliphatic heterocycles. The number of likely N-dealkylation sites (N-methyl/N-ethyl adjacent to an activating group) is 1. The highest BCUT2D eigenvalue weighted by atomic mass is 16.2. The van der Waals surface area contributed by atoms with Gasteiger partial charge >= 0.3 is 0 Å². The summed E-state index contributed by atoms with van der Waals surface area (Å²) in [5.74, 6) is 0.0853. The molecular weight excluding hydrogens is 314 g/mol. The number of nitrogens with one attached hydrogen (secondary N) is 1. The molecule has 1 amide bonds. The summed E-state index contributed by atoms with van der Waals surface area (Å²) in [6.45, 7) is 6.17. The van der Waals surface area contributed by atoms with Gasteiger partial charge < -0.3 is 9.80 Å². The van der Waals surface area contributed by atoms with E-state index in [0.29, 0.717) is 5.69 Å². The summed E-state index contributed by atoms with van der Waals surface area (Å²) in [6, 6.07) is 10.5. The van der Waals surface area contributed by atoms with E-state index < -0.39 is 0 Å². The number of aromatic amines is 1. The van der Waals surface area contributed by atoms with Gasteiger partial charge in [0.25, 0.3) is 5.91 Å². The van der Waals surface area contributed by atoms with Gasteiger partial charge in [0.15, 0.2) is 5.69 Å². The Kier molecular flexibility index (Phi) is 4.55. The van der Waals surface area contributed by atoms with Crippen LogP contribution in [-0.2, 0) is 19.5 Å². The summed E-state index contributed by atoms with van der Waals surface area (Å²) in [5.41, 5.74) is 4.17. The van der Waals surface area contributed by atoms with Crippen molar-refractivity contribution >= 4 is 5.91 Å². The van der Waals surface area contributed by atoms with Crippen LogP contribution in [0.2, 0.25) is 0 Å². The molecular formula is C19H25N5O. The van der Waals surface area contributed by atoms with Gasteiger partial charge in [0, 0.05) is 51.4 Å². The average Bonchev–Trinajstić information content (AvgIpc) is 3.06. The number of piperazine rings is 1. The van der Waals surface area contributed by atoms with Crippen LogP contribution in [0.4, 0.5) is 0 Å². The molecule has 0 aliphatic carbocycles. The standard InChI is InChI=1S/C19H25N5O/c1-22-9-11-24(12-10-22)19(25)18-16-7-8-23(14-17(16)20-21-18)13-15-5-3-2-4-6-15/h2-6H,7-14H2,1H3,(H,20,21). The highest BCUT2D eigenvalue weighted by molar-refractivity contribution is 5.94. The number of rotatable bonds is 3. The zero-order valence-corrected chi connectivity index (χ0v) is 14.7. The van der Waals surface area contributed by atoms with E-state index in [2.05, 4.69) is 51.3 Å². The smallest absolute Gasteiger partial charge is 0.274 e. The largest absolute Gasteiger partial charge is 0.335 e. The number of amides is 1. The number of carbonyl (C=O) groups excluding carboxylic acids is 1. The van der Waals surface area contributed by atoms with Gasteiger partial charge in [0.1, 0.15) is 0 Å². The van der Waals surface area contributed by atoms with Crippen molar-refractivity contribution < 1.29 is 4.79 Å². The van der Waals surface area contributed by atoms with Crippen LogP contribution in [0, 0.1) is 0 Å². The van der Waals surface area contributed by atoms with Gasteiger partial charge in [-0.05, 0) is 19.0 Å². The van der Waals surface area contributed by atoms with Crippen LogP contribution < -0.4 is 0 Å². The Balaban J connectivity index is 1.44. The Labute approximate surface area is 148 Å². The molecule has 1 fully saturated rings. The second-order valence-electron chi connectivity index (χ2n) is 7.07. The first-order valence-corrected chi connectivity index (χ1v) is 9.01. The topological polar surface area (TPSA) is 55.5 Å². The van der Waals surface area contributed by atoms with Crippen LogP contribution in [0.25, 0.3) is 0 Å². The van der Waals surface area contributed by atoms with Crippen LogP contribution in [0.5, 0.6) is 0 Å². The Morgan fingerprint density at radius 1 is 1.12 bits per heavy atom. The molecule has 6 nitrogen and oxygen atoms in total. The maximum absolute atomic E-state index is 12.8. The number of nitrogens with zero attached hydrogens (tertiary/aromatic N) is 4. The van der Waals surface area contributed by atoms with Crippen molar-refractivity contribution in [2.24, 2.45) is 0 Å². The number of hydrogen-bond donors (Lipinski definition) is 1. The first kappa shape index (κ1) is 16.3. The Bertz CT molecular complexity index is 734. The third kappa shape index (κ3) is 3.45. The summed E-state index contributed by atoms with van der Waals surface area (Å²) in [7, 11) is 2.10. The molecule has 1 saturated heterocycles. The van der Waals surface area contributed by atoms with Crippen molar-refractivity contribution in [3.05, 3.63) is 52.8 Å². The van der Waals surface area contributed by atoms with Gasteiger partial charge in [-0.15, -0.1) is 0 Å². The quantitative estimate of drug-likeness (QED) is 0.917. The molecule has 0 saturated carbocycles. The molecule has 0 unspecified atom stereocenters. The van der Waals surface area contributed by atoms with Gasteiger partial charge in [0.2, 0.25) is 0 Å². The third-order valence-electron chi connectivity index (χ3n) is 5.25. The lowest BCUT2D eigenvalue weighted by Crippen LogP contribution is -2.47. The van der Waals surface area contributed by atoms with E-state index in [0.717, 1.165) is 63.5 Å². The molecule has 0 atom stereocenters. The minimum atomic E-state index is 0.0853.